The van der Waals surface area contributed by atoms with E-state index in [1.54, 1.807) is 0 Å². The Morgan fingerprint density at radius 1 is 1.18 bits per heavy atom. The monoisotopic (exact) mass is 490 g/mol. The Kier molecular flexibility index (Phi) is 5.00. The van der Waals surface area contributed by atoms with Gasteiger partial charge in [0.1, 0.15) is 34.9 Å². The van der Waals surface area contributed by atoms with E-state index in [0.29, 0.717) is 37.0 Å². The van der Waals surface area contributed by atoms with Crippen molar-refractivity contribution < 1.29 is 17.9 Å². The number of benzene rings is 1. The lowest BCUT2D eigenvalue weighted by atomic mass is 10.2. The van der Waals surface area contributed by atoms with Gasteiger partial charge in [-0.25, -0.2) is 28.1 Å². The van der Waals surface area contributed by atoms with Gasteiger partial charge in [0, 0.05) is 31.2 Å². The van der Waals surface area contributed by atoms with Gasteiger partial charge in [0.2, 0.25) is 0 Å². The molecule has 1 spiro atoms. The number of anilines is 3. The highest BCUT2D eigenvalue weighted by Crippen LogP contribution is 2.42. The van der Waals surface area contributed by atoms with Gasteiger partial charge in [-0.15, -0.1) is 0 Å². The topological polar surface area (TPSA) is 75.2 Å². The molecule has 1 aromatic carbocycles. The van der Waals surface area contributed by atoms with E-state index in [2.05, 4.69) is 25.6 Å². The fraction of sp³-hybridized carbons (Fsp3) is 0.435. The number of fused-ring (bicyclic) bond motifs is 1. The van der Waals surface area contributed by atoms with Gasteiger partial charge in [-0.05, 0) is 37.8 Å². The fourth-order valence-electron chi connectivity index (χ4n) is 4.24. The second kappa shape index (κ2) is 7.84. The summed E-state index contributed by atoms with van der Waals surface area (Å²) in [7, 11) is 0. The highest BCUT2D eigenvalue weighted by molar-refractivity contribution is 6.32. The maximum atomic E-state index is 15.0. The van der Waals surface area contributed by atoms with Crippen molar-refractivity contribution in [1.29, 1.82) is 0 Å². The van der Waals surface area contributed by atoms with Crippen molar-refractivity contribution in [2.45, 2.75) is 36.9 Å². The van der Waals surface area contributed by atoms with Crippen molar-refractivity contribution in [3.05, 3.63) is 41.2 Å². The van der Waals surface area contributed by atoms with E-state index in [1.165, 1.54) is 24.5 Å². The molecule has 0 atom stereocenters. The maximum absolute atomic E-state index is 15.0. The van der Waals surface area contributed by atoms with Crippen molar-refractivity contribution in [1.82, 2.24) is 20.3 Å². The van der Waals surface area contributed by atoms with Crippen LogP contribution in [0.2, 0.25) is 5.02 Å². The lowest BCUT2D eigenvalue weighted by Gasteiger charge is -2.35. The summed E-state index contributed by atoms with van der Waals surface area (Å²) in [5.41, 5.74) is -0.671. The summed E-state index contributed by atoms with van der Waals surface area (Å²) in [5, 5.41) is 6.12. The largest absolute Gasteiger partial charge is 0.489 e. The van der Waals surface area contributed by atoms with Gasteiger partial charge in [0.25, 0.3) is 0 Å². The highest BCUT2D eigenvalue weighted by atomic mass is 35.5. The molecule has 0 bridgehead atoms. The molecule has 1 saturated heterocycles. The zero-order valence-corrected chi connectivity index (χ0v) is 18.9. The minimum Gasteiger partial charge on any atom is -0.489 e. The number of nitrogens with one attached hydrogen (secondary N) is 2. The minimum atomic E-state index is -1.35. The Bertz CT molecular complexity index is 1280. The number of alkyl halides is 1. The van der Waals surface area contributed by atoms with Crippen LogP contribution in [0.15, 0.2) is 24.5 Å². The van der Waals surface area contributed by atoms with Gasteiger partial charge in [0.15, 0.2) is 23.3 Å². The predicted octanol–water partition coefficient (Wildman–Crippen LogP) is 4.52. The Balaban J connectivity index is 1.30. The summed E-state index contributed by atoms with van der Waals surface area (Å²) in [6.07, 6.45) is 4.22. The molecule has 2 aromatic heterocycles. The maximum Gasteiger partial charge on any atom is 0.169 e. The van der Waals surface area contributed by atoms with Crippen LogP contribution in [-0.4, -0.2) is 52.4 Å². The number of hydrogen-bond donors (Lipinski definition) is 2. The van der Waals surface area contributed by atoms with E-state index in [0.717, 1.165) is 19.4 Å². The average Bonchev–Trinajstić information content (AvgIpc) is 3.75. The SMILES string of the molecule is Fc1cc2ncnc(Nc3ccc(OCC4(F)CC4)c(Cl)c3F)c2nc1N1CCNC2(CC2)C1. The first-order valence-electron chi connectivity index (χ1n) is 11.2. The van der Waals surface area contributed by atoms with Crippen LogP contribution in [0, 0.1) is 11.6 Å². The Morgan fingerprint density at radius 3 is 2.76 bits per heavy atom. The second-order valence-electron chi connectivity index (χ2n) is 9.32. The summed E-state index contributed by atoms with van der Waals surface area (Å²) >= 11 is 6.14. The molecule has 0 amide bonds. The summed E-state index contributed by atoms with van der Waals surface area (Å²) < 4.78 is 49.2. The third-order valence-electron chi connectivity index (χ3n) is 6.65. The van der Waals surface area contributed by atoms with Crippen LogP contribution in [0.25, 0.3) is 11.0 Å². The van der Waals surface area contributed by atoms with Crippen molar-refractivity contribution >= 4 is 40.0 Å². The number of nitrogens with zero attached hydrogens (tertiary/aromatic N) is 4. The molecule has 2 aliphatic carbocycles. The van der Waals surface area contributed by atoms with Gasteiger partial charge in [0.05, 0.1) is 11.2 Å². The number of aromatic nitrogens is 3. The van der Waals surface area contributed by atoms with Gasteiger partial charge in [-0.1, -0.05) is 11.6 Å². The molecule has 7 nitrogen and oxygen atoms in total. The first kappa shape index (κ1) is 21.7. The Labute approximate surface area is 198 Å². The molecule has 178 valence electrons. The standard InChI is InChI=1S/C23H22ClF3N6O/c24-17-16(34-11-22(27)3-4-22)2-1-14(18(17)26)31-20-19-15(28-12-29-20)9-13(25)21(32-19)33-8-7-30-23(10-33)5-6-23/h1-2,9,12,30H,3-8,10-11H2,(H,28,29,31). The van der Waals surface area contributed by atoms with E-state index in [9.17, 15) is 8.78 Å². The summed E-state index contributed by atoms with van der Waals surface area (Å²) in [6, 6.07) is 4.22. The summed E-state index contributed by atoms with van der Waals surface area (Å²) in [6.45, 7) is 1.88. The van der Waals surface area contributed by atoms with Crippen LogP contribution in [0.1, 0.15) is 25.7 Å². The van der Waals surface area contributed by atoms with Crippen molar-refractivity contribution in [2.24, 2.45) is 0 Å². The quantitative estimate of drug-likeness (QED) is 0.526. The van der Waals surface area contributed by atoms with Gasteiger partial charge < -0.3 is 20.3 Å². The second-order valence-corrected chi connectivity index (χ2v) is 9.69. The molecule has 6 rings (SSSR count). The number of rotatable bonds is 6. The molecule has 3 aromatic rings. The zero-order chi connectivity index (χ0) is 23.5. The minimum absolute atomic E-state index is 0.0329. The predicted molar refractivity (Wildman–Crippen MR) is 123 cm³/mol. The van der Waals surface area contributed by atoms with Crippen LogP contribution < -0.4 is 20.3 Å². The van der Waals surface area contributed by atoms with Crippen LogP contribution >= 0.6 is 11.6 Å². The van der Waals surface area contributed by atoms with Crippen molar-refractivity contribution in [3.63, 3.8) is 0 Å². The molecule has 3 heterocycles. The molecule has 3 aliphatic rings. The molecule has 1 aliphatic heterocycles. The normalized spacial score (nSPS) is 19.9. The lowest BCUT2D eigenvalue weighted by molar-refractivity contribution is 0.177. The molecule has 11 heteroatoms. The number of hydrogen-bond acceptors (Lipinski definition) is 7. The fourth-order valence-corrected chi connectivity index (χ4v) is 4.46. The van der Waals surface area contributed by atoms with Crippen molar-refractivity contribution in [2.75, 3.05) is 36.5 Å². The summed E-state index contributed by atoms with van der Waals surface area (Å²) in [4.78, 5) is 14.8. The van der Waals surface area contributed by atoms with Gasteiger partial charge in [-0.3, -0.25) is 0 Å². The third kappa shape index (κ3) is 3.98. The first-order chi connectivity index (χ1) is 16.3. The molecule has 2 N–H and O–H groups in total. The van der Waals surface area contributed by atoms with Crippen LogP contribution in [-0.2, 0) is 0 Å². The molecule has 2 saturated carbocycles. The Morgan fingerprint density at radius 2 is 2.00 bits per heavy atom. The van der Waals surface area contributed by atoms with Crippen LogP contribution in [0.4, 0.5) is 30.5 Å². The van der Waals surface area contributed by atoms with E-state index < -0.39 is 17.3 Å². The lowest BCUT2D eigenvalue weighted by Crippen LogP contribution is -2.53. The third-order valence-corrected chi connectivity index (χ3v) is 7.00. The number of pyridine rings is 1. The van der Waals surface area contributed by atoms with E-state index in [4.69, 9.17) is 16.3 Å². The van der Waals surface area contributed by atoms with E-state index in [-0.39, 0.29) is 40.2 Å². The molecule has 0 unspecified atom stereocenters. The van der Waals surface area contributed by atoms with Gasteiger partial charge in [-0.2, -0.15) is 0 Å². The smallest absolute Gasteiger partial charge is 0.169 e. The number of piperazine rings is 1. The summed E-state index contributed by atoms with van der Waals surface area (Å²) in [5.74, 6) is -0.731. The molecular formula is C23H22ClF3N6O. The van der Waals surface area contributed by atoms with Crippen LogP contribution in [0.5, 0.6) is 5.75 Å². The average molecular weight is 491 g/mol. The molecule has 34 heavy (non-hydrogen) atoms. The molecule has 0 radical (unpaired) electrons. The van der Waals surface area contributed by atoms with Crippen LogP contribution in [0.3, 0.4) is 0 Å². The molecule has 3 fully saturated rings. The number of ether oxygens (including phenoxy) is 1. The van der Waals surface area contributed by atoms with Gasteiger partial charge >= 0.3 is 0 Å². The van der Waals surface area contributed by atoms with Crippen molar-refractivity contribution in [3.8, 4) is 5.75 Å². The highest BCUT2D eigenvalue weighted by Gasteiger charge is 2.46. The number of halogens is 4. The Hall–Kier alpha value is -2.85. The molecular weight excluding hydrogens is 469 g/mol. The zero-order valence-electron chi connectivity index (χ0n) is 18.2. The van der Waals surface area contributed by atoms with E-state index >= 15 is 4.39 Å². The van der Waals surface area contributed by atoms with E-state index in [1.807, 2.05) is 4.90 Å². The first-order valence-corrected chi connectivity index (χ1v) is 11.6.